The molecule has 4 heteroatoms. The fraction of sp³-hybridized carbons (Fsp3) is 0.462. The highest BCUT2D eigenvalue weighted by Gasteiger charge is 2.19. The van der Waals surface area contributed by atoms with Crippen molar-refractivity contribution in [3.8, 4) is 0 Å². The van der Waals surface area contributed by atoms with Crippen LogP contribution in [-0.2, 0) is 11.2 Å². The third kappa shape index (κ3) is 2.35. The summed E-state index contributed by atoms with van der Waals surface area (Å²) in [6, 6.07) is 4.25. The molecule has 0 aromatic heterocycles. The Morgan fingerprint density at radius 3 is 2.76 bits per heavy atom. The largest absolute Gasteiger partial charge is 0.397 e. The van der Waals surface area contributed by atoms with Gasteiger partial charge in [-0.1, -0.05) is 13.8 Å². The molecule has 2 rings (SSSR count). The first kappa shape index (κ1) is 11.8. The standard InChI is InChI=1S/C13H19N3O/c1-3-9(4-2)15-12-7-11-8(5-10(12)14)6-13(17)16-11/h5,7,9,15H,3-4,6,14H2,1-2H3,(H,16,17). The maximum atomic E-state index is 11.3. The molecule has 1 heterocycles. The number of nitrogen functional groups attached to an aromatic ring is 1. The van der Waals surface area contributed by atoms with Crippen LogP contribution in [0.4, 0.5) is 17.1 Å². The predicted molar refractivity (Wildman–Crippen MR) is 71.2 cm³/mol. The number of amides is 1. The van der Waals surface area contributed by atoms with Crippen LogP contribution in [0.3, 0.4) is 0 Å². The van der Waals surface area contributed by atoms with Crippen LogP contribution in [0.15, 0.2) is 12.1 Å². The minimum absolute atomic E-state index is 0.0408. The molecule has 0 atom stereocenters. The molecule has 4 N–H and O–H groups in total. The van der Waals surface area contributed by atoms with Crippen molar-refractivity contribution >= 4 is 23.0 Å². The number of nitrogens with two attached hydrogens (primary N) is 1. The zero-order valence-electron chi connectivity index (χ0n) is 10.3. The van der Waals surface area contributed by atoms with Crippen molar-refractivity contribution in [2.75, 3.05) is 16.4 Å². The molecule has 0 fully saturated rings. The number of fused-ring (bicyclic) bond motifs is 1. The molecule has 4 nitrogen and oxygen atoms in total. The number of nitrogens with one attached hydrogen (secondary N) is 2. The first-order valence-electron chi connectivity index (χ1n) is 6.12. The second kappa shape index (κ2) is 4.65. The van der Waals surface area contributed by atoms with Gasteiger partial charge in [-0.25, -0.2) is 0 Å². The van der Waals surface area contributed by atoms with E-state index in [0.29, 0.717) is 18.2 Å². The monoisotopic (exact) mass is 233 g/mol. The van der Waals surface area contributed by atoms with Crippen molar-refractivity contribution < 1.29 is 4.79 Å². The van der Waals surface area contributed by atoms with Gasteiger partial charge >= 0.3 is 0 Å². The molecule has 0 saturated heterocycles. The smallest absolute Gasteiger partial charge is 0.228 e. The van der Waals surface area contributed by atoms with Gasteiger partial charge in [0.05, 0.1) is 17.8 Å². The highest BCUT2D eigenvalue weighted by atomic mass is 16.1. The quantitative estimate of drug-likeness (QED) is 0.699. The summed E-state index contributed by atoms with van der Waals surface area (Å²) in [7, 11) is 0. The SMILES string of the molecule is CCC(CC)Nc1cc2c(cc1N)CC(=O)N2. The maximum absolute atomic E-state index is 11.3. The second-order valence-corrected chi connectivity index (χ2v) is 4.48. The van der Waals surface area contributed by atoms with Gasteiger partial charge in [0.2, 0.25) is 5.91 Å². The molecule has 0 bridgehead atoms. The van der Waals surface area contributed by atoms with Gasteiger partial charge in [-0.2, -0.15) is 0 Å². The minimum Gasteiger partial charge on any atom is -0.397 e. The number of carbonyl (C=O) groups is 1. The average Bonchev–Trinajstić information content (AvgIpc) is 2.65. The number of benzene rings is 1. The van der Waals surface area contributed by atoms with Crippen LogP contribution >= 0.6 is 0 Å². The Bertz CT molecular complexity index is 439. The molecule has 0 saturated carbocycles. The fourth-order valence-corrected chi connectivity index (χ4v) is 2.13. The van der Waals surface area contributed by atoms with Crippen molar-refractivity contribution in [3.63, 3.8) is 0 Å². The summed E-state index contributed by atoms with van der Waals surface area (Å²) in [5.41, 5.74) is 9.50. The predicted octanol–water partition coefficient (Wildman–Crippen LogP) is 2.36. The highest BCUT2D eigenvalue weighted by molar-refractivity contribution is 6.00. The summed E-state index contributed by atoms with van der Waals surface area (Å²) in [6.07, 6.45) is 2.55. The van der Waals surface area contributed by atoms with E-state index in [-0.39, 0.29) is 5.91 Å². The topological polar surface area (TPSA) is 67.1 Å². The Morgan fingerprint density at radius 1 is 1.41 bits per heavy atom. The van der Waals surface area contributed by atoms with Crippen LogP contribution in [0.2, 0.25) is 0 Å². The summed E-state index contributed by atoms with van der Waals surface area (Å²) in [5.74, 6) is 0.0408. The maximum Gasteiger partial charge on any atom is 0.228 e. The van der Waals surface area contributed by atoms with E-state index in [1.165, 1.54) is 0 Å². The molecule has 1 aromatic rings. The van der Waals surface area contributed by atoms with E-state index in [9.17, 15) is 4.79 Å². The van der Waals surface area contributed by atoms with Crippen LogP contribution in [0.25, 0.3) is 0 Å². The second-order valence-electron chi connectivity index (χ2n) is 4.48. The highest BCUT2D eigenvalue weighted by Crippen LogP contribution is 2.32. The van der Waals surface area contributed by atoms with Crippen LogP contribution < -0.4 is 16.4 Å². The lowest BCUT2D eigenvalue weighted by molar-refractivity contribution is -0.115. The summed E-state index contributed by atoms with van der Waals surface area (Å²) in [4.78, 5) is 11.3. The normalized spacial score (nSPS) is 13.7. The van der Waals surface area contributed by atoms with Crippen LogP contribution in [0, 0.1) is 0 Å². The fourth-order valence-electron chi connectivity index (χ4n) is 2.13. The summed E-state index contributed by atoms with van der Waals surface area (Å²) in [6.45, 7) is 4.29. The summed E-state index contributed by atoms with van der Waals surface area (Å²) in [5, 5.41) is 6.25. The third-order valence-corrected chi connectivity index (χ3v) is 3.25. The van der Waals surface area contributed by atoms with Crippen molar-refractivity contribution in [3.05, 3.63) is 17.7 Å². The molecule has 17 heavy (non-hydrogen) atoms. The molecule has 1 aliphatic heterocycles. The van der Waals surface area contributed by atoms with Gasteiger partial charge in [-0.15, -0.1) is 0 Å². The van der Waals surface area contributed by atoms with Crippen molar-refractivity contribution in [2.45, 2.75) is 39.2 Å². The van der Waals surface area contributed by atoms with Crippen molar-refractivity contribution in [1.29, 1.82) is 0 Å². The zero-order chi connectivity index (χ0) is 12.4. The Hall–Kier alpha value is -1.71. The van der Waals surface area contributed by atoms with Crippen LogP contribution in [0.1, 0.15) is 32.3 Å². The number of carbonyl (C=O) groups excluding carboxylic acids is 1. The average molecular weight is 233 g/mol. The molecular formula is C13H19N3O. The first-order chi connectivity index (χ1) is 8.13. The van der Waals surface area contributed by atoms with Gasteiger partial charge in [0, 0.05) is 11.7 Å². The van der Waals surface area contributed by atoms with Crippen molar-refractivity contribution in [2.24, 2.45) is 0 Å². The van der Waals surface area contributed by atoms with Gasteiger partial charge in [-0.3, -0.25) is 4.79 Å². The van der Waals surface area contributed by atoms with E-state index in [2.05, 4.69) is 24.5 Å². The van der Waals surface area contributed by atoms with E-state index >= 15 is 0 Å². The van der Waals surface area contributed by atoms with Crippen molar-refractivity contribution in [1.82, 2.24) is 0 Å². The zero-order valence-corrected chi connectivity index (χ0v) is 10.3. The van der Waals surface area contributed by atoms with Crippen LogP contribution in [-0.4, -0.2) is 11.9 Å². The first-order valence-corrected chi connectivity index (χ1v) is 6.12. The Morgan fingerprint density at radius 2 is 2.12 bits per heavy atom. The minimum atomic E-state index is 0.0408. The Balaban J connectivity index is 2.24. The van der Waals surface area contributed by atoms with Gasteiger partial charge in [-0.05, 0) is 30.5 Å². The van der Waals surface area contributed by atoms with Gasteiger partial charge in [0.15, 0.2) is 0 Å². The van der Waals surface area contributed by atoms with E-state index in [4.69, 9.17) is 5.73 Å². The molecule has 1 aliphatic rings. The Labute approximate surface area is 102 Å². The van der Waals surface area contributed by atoms with E-state index in [0.717, 1.165) is 29.8 Å². The molecule has 0 radical (unpaired) electrons. The molecule has 1 aromatic carbocycles. The lowest BCUT2D eigenvalue weighted by atomic mass is 10.1. The van der Waals surface area contributed by atoms with Gasteiger partial charge in [0.25, 0.3) is 0 Å². The number of anilines is 3. The van der Waals surface area contributed by atoms with Gasteiger partial charge < -0.3 is 16.4 Å². The molecular weight excluding hydrogens is 214 g/mol. The summed E-state index contributed by atoms with van der Waals surface area (Å²) < 4.78 is 0. The molecule has 0 spiro atoms. The Kier molecular flexibility index (Phi) is 3.22. The van der Waals surface area contributed by atoms with E-state index in [1.54, 1.807) is 0 Å². The molecule has 0 aliphatic carbocycles. The van der Waals surface area contributed by atoms with Gasteiger partial charge in [0.1, 0.15) is 0 Å². The van der Waals surface area contributed by atoms with Crippen LogP contribution in [0.5, 0.6) is 0 Å². The van der Waals surface area contributed by atoms with E-state index < -0.39 is 0 Å². The molecule has 92 valence electrons. The lowest BCUT2D eigenvalue weighted by Crippen LogP contribution is -2.18. The third-order valence-electron chi connectivity index (χ3n) is 3.25. The number of hydrogen-bond acceptors (Lipinski definition) is 3. The molecule has 1 amide bonds. The number of rotatable bonds is 4. The molecule has 0 unspecified atom stereocenters. The number of hydrogen-bond donors (Lipinski definition) is 3. The lowest BCUT2D eigenvalue weighted by Gasteiger charge is -2.18. The summed E-state index contributed by atoms with van der Waals surface area (Å²) >= 11 is 0. The van der Waals surface area contributed by atoms with E-state index in [1.807, 2.05) is 12.1 Å².